The molecular weight excluding hydrogens is 812 g/mol. The van der Waals surface area contributed by atoms with Crippen LogP contribution in [0.2, 0.25) is 20.1 Å². The number of hydrogen-bond donors (Lipinski definition) is 2. The standard InChI is InChI=1S/C22H25Cl2NO3.C12H16Cl2N2.C9H10O4/c1-27-19-3-5-20(6-4-19)28-15-18(26)12-16-8-10-25(11-9-16)14-17-2-7-21(23)22(24)13-17;13-11-2-1-9(7-12(11)14)8-16-5-3-10(15)4-6-16;1-12-7-2-4-8(5-3-7)13-6-9(10)11/h2-7,13,16H,8-12,14-15H2,1H3;1-2,7,10H,3-6,8,15H2;2-5H,6H2,1H3,(H,10,11). The largest absolute Gasteiger partial charge is 0.497 e. The van der Waals surface area contributed by atoms with Gasteiger partial charge in [-0.05, 0) is 142 Å². The van der Waals surface area contributed by atoms with Gasteiger partial charge in [-0.1, -0.05) is 58.5 Å². The van der Waals surface area contributed by atoms with Crippen LogP contribution in [0, 0.1) is 5.92 Å². The summed E-state index contributed by atoms with van der Waals surface area (Å²) in [6, 6.07) is 26.0. The lowest BCUT2D eigenvalue weighted by molar-refractivity contribution is -0.139. The number of carbonyl (C=O) groups is 2. The van der Waals surface area contributed by atoms with Crippen LogP contribution in [-0.4, -0.2) is 86.3 Å². The van der Waals surface area contributed by atoms with E-state index in [2.05, 4.69) is 9.80 Å². The van der Waals surface area contributed by atoms with Crippen LogP contribution in [-0.2, 0) is 22.7 Å². The first kappa shape index (κ1) is 46.0. The van der Waals surface area contributed by atoms with Crippen LogP contribution in [0.4, 0.5) is 0 Å². The number of ether oxygens (including phenoxy) is 4. The van der Waals surface area contributed by atoms with Crippen LogP contribution in [0.15, 0.2) is 84.9 Å². The Morgan fingerprint density at radius 3 is 1.42 bits per heavy atom. The molecule has 14 heteroatoms. The molecule has 0 spiro atoms. The van der Waals surface area contributed by atoms with Crippen molar-refractivity contribution in [2.24, 2.45) is 11.7 Å². The molecule has 2 aliphatic heterocycles. The second-order valence-electron chi connectivity index (χ2n) is 13.9. The summed E-state index contributed by atoms with van der Waals surface area (Å²) in [7, 11) is 3.18. The number of carboxylic acids is 1. The van der Waals surface area contributed by atoms with Crippen molar-refractivity contribution in [3.8, 4) is 23.0 Å². The van der Waals surface area contributed by atoms with Gasteiger partial charge in [0.1, 0.15) is 29.6 Å². The smallest absolute Gasteiger partial charge is 0.341 e. The predicted molar refractivity (Wildman–Crippen MR) is 228 cm³/mol. The molecule has 2 fully saturated rings. The molecule has 10 nitrogen and oxygen atoms in total. The topological polar surface area (TPSA) is 124 Å². The predicted octanol–water partition coefficient (Wildman–Crippen LogP) is 9.33. The molecule has 2 aliphatic rings. The van der Waals surface area contributed by atoms with E-state index in [1.54, 1.807) is 38.5 Å². The second-order valence-corrected chi connectivity index (χ2v) is 15.5. The van der Waals surface area contributed by atoms with Gasteiger partial charge in [-0.3, -0.25) is 14.6 Å². The number of benzene rings is 4. The van der Waals surface area contributed by atoms with Crippen molar-refractivity contribution >= 4 is 58.2 Å². The number of rotatable bonds is 14. The number of aliphatic carboxylic acids is 1. The van der Waals surface area contributed by atoms with Crippen LogP contribution in [0.1, 0.15) is 43.2 Å². The van der Waals surface area contributed by atoms with Gasteiger partial charge in [0.15, 0.2) is 12.4 Å². The molecule has 4 aromatic rings. The van der Waals surface area contributed by atoms with Gasteiger partial charge in [-0.25, -0.2) is 4.79 Å². The first-order chi connectivity index (χ1) is 27.4. The third kappa shape index (κ3) is 16.9. The van der Waals surface area contributed by atoms with Gasteiger partial charge in [0.25, 0.3) is 0 Å². The average Bonchev–Trinajstić information content (AvgIpc) is 3.21. The van der Waals surface area contributed by atoms with Crippen LogP contribution in [0.5, 0.6) is 23.0 Å². The van der Waals surface area contributed by atoms with E-state index < -0.39 is 5.97 Å². The maximum Gasteiger partial charge on any atom is 0.341 e. The zero-order valence-electron chi connectivity index (χ0n) is 32.3. The monoisotopic (exact) mass is 861 g/mol. The highest BCUT2D eigenvalue weighted by Crippen LogP contribution is 2.27. The summed E-state index contributed by atoms with van der Waals surface area (Å²) in [5.41, 5.74) is 8.25. The molecule has 6 rings (SSSR count). The third-order valence-corrected chi connectivity index (χ3v) is 11.0. The maximum atomic E-state index is 12.3. The summed E-state index contributed by atoms with van der Waals surface area (Å²) in [6.07, 6.45) is 4.80. The number of methoxy groups -OCH3 is 2. The zero-order valence-corrected chi connectivity index (χ0v) is 35.3. The summed E-state index contributed by atoms with van der Waals surface area (Å²) in [6.45, 7) is 5.70. The number of carbonyl (C=O) groups excluding carboxylic acids is 1. The summed E-state index contributed by atoms with van der Waals surface area (Å²) >= 11 is 23.9. The Kier molecular flexibility index (Phi) is 19.5. The number of nitrogens with zero attached hydrogens (tertiary/aromatic N) is 2. The minimum Gasteiger partial charge on any atom is -0.497 e. The Morgan fingerprint density at radius 2 is 1.02 bits per heavy atom. The van der Waals surface area contributed by atoms with Crippen LogP contribution in [0.3, 0.4) is 0 Å². The van der Waals surface area contributed by atoms with Crippen molar-refractivity contribution in [1.29, 1.82) is 0 Å². The molecular formula is C43H51Cl4N3O7. The number of Topliss-reactive ketones (excluding diaryl/α,β-unsaturated/α-hetero) is 1. The fourth-order valence-electron chi connectivity index (χ4n) is 6.29. The molecule has 0 aliphatic carbocycles. The van der Waals surface area contributed by atoms with E-state index in [4.69, 9.17) is 76.2 Å². The molecule has 3 N–H and O–H groups in total. The number of piperidine rings is 2. The van der Waals surface area contributed by atoms with Crippen molar-refractivity contribution < 1.29 is 33.6 Å². The molecule has 0 radical (unpaired) electrons. The van der Waals surface area contributed by atoms with Gasteiger partial charge in [0, 0.05) is 25.6 Å². The van der Waals surface area contributed by atoms with E-state index in [-0.39, 0.29) is 19.0 Å². The molecule has 0 bridgehead atoms. The Bertz CT molecular complexity index is 1830. The Hall–Kier alpha value is -3.74. The van der Waals surface area contributed by atoms with Gasteiger partial charge >= 0.3 is 5.97 Å². The molecule has 0 unspecified atom stereocenters. The number of halogens is 4. The van der Waals surface area contributed by atoms with Crippen molar-refractivity contribution in [1.82, 2.24) is 9.80 Å². The van der Waals surface area contributed by atoms with Gasteiger partial charge in [0.05, 0.1) is 34.3 Å². The summed E-state index contributed by atoms with van der Waals surface area (Å²) in [5.74, 6) is 2.27. The van der Waals surface area contributed by atoms with Crippen molar-refractivity contribution in [3.05, 3.63) is 116 Å². The molecule has 57 heavy (non-hydrogen) atoms. The first-order valence-electron chi connectivity index (χ1n) is 18.8. The second kappa shape index (κ2) is 24.2. The Balaban J connectivity index is 0.000000209. The highest BCUT2D eigenvalue weighted by atomic mass is 35.5. The minimum absolute atomic E-state index is 0.121. The van der Waals surface area contributed by atoms with E-state index >= 15 is 0 Å². The number of ketones is 1. The minimum atomic E-state index is -0.990. The van der Waals surface area contributed by atoms with Gasteiger partial charge in [0.2, 0.25) is 0 Å². The Labute approximate surface area is 355 Å². The Morgan fingerprint density at radius 1 is 0.614 bits per heavy atom. The summed E-state index contributed by atoms with van der Waals surface area (Å²) in [5, 5.41) is 10.8. The lowest BCUT2D eigenvalue weighted by Gasteiger charge is -2.31. The molecule has 0 saturated carbocycles. The lowest BCUT2D eigenvalue weighted by atomic mass is 9.91. The van der Waals surface area contributed by atoms with Crippen LogP contribution >= 0.6 is 46.4 Å². The normalized spacial score (nSPS) is 15.0. The number of carboxylic acid groups (broad SMARTS) is 1. The van der Waals surface area contributed by atoms with E-state index in [0.717, 1.165) is 76.3 Å². The van der Waals surface area contributed by atoms with Crippen molar-refractivity contribution in [2.75, 3.05) is 53.6 Å². The summed E-state index contributed by atoms with van der Waals surface area (Å²) in [4.78, 5) is 27.2. The molecule has 0 atom stereocenters. The lowest BCUT2D eigenvalue weighted by Crippen LogP contribution is -2.39. The molecule has 4 aromatic carbocycles. The fourth-order valence-corrected chi connectivity index (χ4v) is 6.93. The zero-order chi connectivity index (χ0) is 41.2. The van der Waals surface area contributed by atoms with E-state index in [0.29, 0.717) is 55.7 Å². The van der Waals surface area contributed by atoms with Crippen molar-refractivity contribution in [2.45, 2.75) is 51.2 Å². The van der Waals surface area contributed by atoms with E-state index in [1.165, 1.54) is 5.56 Å². The number of nitrogens with two attached hydrogens (primary N) is 1. The SMILES string of the molecule is COc1ccc(OCC(=O)CC2CCN(Cc3ccc(Cl)c(Cl)c3)CC2)cc1.COc1ccc(OCC(=O)O)cc1.NC1CCN(Cc2ccc(Cl)c(Cl)c2)CC1. The van der Waals surface area contributed by atoms with Crippen molar-refractivity contribution in [3.63, 3.8) is 0 Å². The molecule has 2 heterocycles. The van der Waals surface area contributed by atoms with Crippen LogP contribution < -0.4 is 24.7 Å². The maximum absolute atomic E-state index is 12.3. The highest BCUT2D eigenvalue weighted by Gasteiger charge is 2.22. The first-order valence-corrected chi connectivity index (χ1v) is 20.3. The van der Waals surface area contributed by atoms with Crippen LogP contribution in [0.25, 0.3) is 0 Å². The van der Waals surface area contributed by atoms with Gasteiger partial charge < -0.3 is 29.8 Å². The molecule has 308 valence electrons. The fraction of sp³-hybridized carbons (Fsp3) is 0.395. The summed E-state index contributed by atoms with van der Waals surface area (Å²) < 4.78 is 20.5. The average molecular weight is 864 g/mol. The number of hydrogen-bond acceptors (Lipinski definition) is 9. The van der Waals surface area contributed by atoms with E-state index in [1.807, 2.05) is 60.7 Å². The highest BCUT2D eigenvalue weighted by molar-refractivity contribution is 6.42. The van der Waals surface area contributed by atoms with E-state index in [9.17, 15) is 9.59 Å². The molecule has 0 aromatic heterocycles. The quantitative estimate of drug-likeness (QED) is 0.127. The number of likely N-dealkylation sites (tertiary alicyclic amines) is 2. The molecule has 2 saturated heterocycles. The third-order valence-electron chi connectivity index (χ3n) is 9.52. The molecule has 0 amide bonds. The van der Waals surface area contributed by atoms with Gasteiger partial charge in [-0.15, -0.1) is 0 Å². The van der Waals surface area contributed by atoms with Gasteiger partial charge in [-0.2, -0.15) is 0 Å².